The number of fused-ring (bicyclic) bond motifs is 1. The van der Waals surface area contributed by atoms with E-state index in [0.717, 1.165) is 6.07 Å². The van der Waals surface area contributed by atoms with Crippen LogP contribution in [0.15, 0.2) is 23.4 Å². The Hall–Kier alpha value is -2.65. The van der Waals surface area contributed by atoms with Gasteiger partial charge in [-0.3, -0.25) is 4.21 Å². The van der Waals surface area contributed by atoms with E-state index in [9.17, 15) is 23.2 Å². The molecule has 11 nitrogen and oxygen atoms in total. The van der Waals surface area contributed by atoms with Crippen LogP contribution in [-0.4, -0.2) is 87.8 Å². The van der Waals surface area contributed by atoms with Crippen LogP contribution in [0.25, 0.3) is 11.2 Å². The Morgan fingerprint density at radius 2 is 2.00 bits per heavy atom. The molecular weight excluding hydrogens is 510 g/mol. The Labute approximate surface area is 213 Å². The van der Waals surface area contributed by atoms with Gasteiger partial charge in [0, 0.05) is 24.1 Å². The van der Waals surface area contributed by atoms with Gasteiger partial charge in [0.15, 0.2) is 28.6 Å². The second-order valence-corrected chi connectivity index (χ2v) is 10.8. The third-order valence-electron chi connectivity index (χ3n) is 6.72. The number of benzene rings is 1. The number of hydrogen-bond acceptors (Lipinski definition) is 10. The Morgan fingerprint density at radius 3 is 2.73 bits per heavy atom. The highest BCUT2D eigenvalue weighted by molar-refractivity contribution is 7.84. The molecule has 1 aromatic carbocycles. The van der Waals surface area contributed by atoms with Gasteiger partial charge >= 0.3 is 0 Å². The molecule has 2 heterocycles. The van der Waals surface area contributed by atoms with Crippen molar-refractivity contribution in [3.63, 3.8) is 0 Å². The first-order chi connectivity index (χ1) is 17.8. The van der Waals surface area contributed by atoms with E-state index in [1.165, 1.54) is 10.7 Å². The lowest BCUT2D eigenvalue weighted by atomic mass is 10.1. The van der Waals surface area contributed by atoms with Crippen LogP contribution in [0.1, 0.15) is 43.7 Å². The molecule has 4 N–H and O–H groups in total. The number of hydrogen-bond donors (Lipinski definition) is 4. The van der Waals surface area contributed by atoms with Gasteiger partial charge in [-0.05, 0) is 30.5 Å². The lowest BCUT2D eigenvalue weighted by Gasteiger charge is -2.17. The van der Waals surface area contributed by atoms with Crippen LogP contribution in [0, 0.1) is 11.6 Å². The smallest absolute Gasteiger partial charge is 0.222 e. The Balaban J connectivity index is 1.46. The van der Waals surface area contributed by atoms with Gasteiger partial charge in [0.2, 0.25) is 5.16 Å². The van der Waals surface area contributed by atoms with E-state index < -0.39 is 46.8 Å². The van der Waals surface area contributed by atoms with E-state index in [0.29, 0.717) is 30.0 Å². The lowest BCUT2D eigenvalue weighted by molar-refractivity contribution is -0.0629. The number of nitrogens with zero attached hydrogens (tertiary/aromatic N) is 5. The number of ether oxygens (including phenoxy) is 1. The van der Waals surface area contributed by atoms with Crippen molar-refractivity contribution >= 4 is 27.8 Å². The van der Waals surface area contributed by atoms with Crippen LogP contribution in [0.2, 0.25) is 0 Å². The molecule has 2 fully saturated rings. The quantitative estimate of drug-likeness (QED) is 0.275. The number of aliphatic hydroxyl groups is 3. The van der Waals surface area contributed by atoms with Crippen LogP contribution >= 0.6 is 0 Å². The summed E-state index contributed by atoms with van der Waals surface area (Å²) in [5.74, 6) is -1.25. The minimum Gasteiger partial charge on any atom is -0.394 e. The van der Waals surface area contributed by atoms with Crippen molar-refractivity contribution < 1.29 is 33.0 Å². The molecule has 2 aliphatic carbocycles. The Morgan fingerprint density at radius 1 is 1.19 bits per heavy atom. The third kappa shape index (κ3) is 5.08. The number of rotatable bonds is 10. The van der Waals surface area contributed by atoms with Gasteiger partial charge in [-0.2, -0.15) is 4.98 Å². The van der Waals surface area contributed by atoms with Crippen molar-refractivity contribution in [2.24, 2.45) is 0 Å². The summed E-state index contributed by atoms with van der Waals surface area (Å²) in [5, 5.41) is 41.9. The molecule has 2 aromatic heterocycles. The van der Waals surface area contributed by atoms with Crippen LogP contribution in [0.3, 0.4) is 0 Å². The first-order valence-corrected chi connectivity index (χ1v) is 13.5. The fourth-order valence-corrected chi connectivity index (χ4v) is 5.67. The van der Waals surface area contributed by atoms with Crippen LogP contribution in [0.5, 0.6) is 0 Å². The molecule has 5 rings (SSSR count). The predicted octanol–water partition coefficient (Wildman–Crippen LogP) is 1.03. The summed E-state index contributed by atoms with van der Waals surface area (Å²) < 4.78 is 46.7. The molecule has 2 aliphatic rings. The second-order valence-electron chi connectivity index (χ2n) is 9.29. The van der Waals surface area contributed by atoms with Crippen molar-refractivity contribution in [3.8, 4) is 0 Å². The van der Waals surface area contributed by atoms with Crippen LogP contribution < -0.4 is 5.32 Å². The van der Waals surface area contributed by atoms with Gasteiger partial charge in [-0.1, -0.05) is 18.2 Å². The summed E-state index contributed by atoms with van der Waals surface area (Å²) in [6, 6.07) is 2.95. The molecule has 0 saturated heterocycles. The van der Waals surface area contributed by atoms with Crippen LogP contribution in [-0.2, 0) is 15.5 Å². The summed E-state index contributed by atoms with van der Waals surface area (Å²) in [6.07, 6.45) is -1.66. The molecule has 0 bridgehead atoms. The van der Waals surface area contributed by atoms with E-state index in [1.54, 1.807) is 6.07 Å². The molecule has 0 radical (unpaired) electrons. The maximum atomic E-state index is 13.7. The topological polar surface area (TPSA) is 156 Å². The highest BCUT2D eigenvalue weighted by Crippen LogP contribution is 2.44. The van der Waals surface area contributed by atoms with E-state index >= 15 is 0 Å². The minimum atomic E-state index is -1.50. The van der Waals surface area contributed by atoms with Crippen molar-refractivity contribution in [2.75, 3.05) is 24.3 Å². The SMILES string of the molecule is CCCS(=O)c1nc(NC2CC2c2ccc(F)c(F)c2)c2nnn(C3CC(OCCO)C(O)C3O)c2n1. The number of anilines is 1. The largest absolute Gasteiger partial charge is 0.394 e. The first kappa shape index (κ1) is 26.0. The van der Waals surface area contributed by atoms with Gasteiger partial charge in [-0.15, -0.1) is 5.10 Å². The highest BCUT2D eigenvalue weighted by Gasteiger charge is 2.45. The standard InChI is InChI=1S/C23H28F2N6O5S/c1-2-7-37(35)23-27-21(26-15-9-12(15)11-3-4-13(24)14(25)8-11)18-22(28-23)31(30-29-18)16-10-17(36-6-5-32)20(34)19(16)33/h3-4,8,12,15-17,19-20,32-34H,2,5-7,9-10H2,1H3,(H,26,27,28). The first-order valence-electron chi connectivity index (χ1n) is 12.1. The van der Waals surface area contributed by atoms with E-state index in [1.807, 2.05) is 6.92 Å². The molecule has 200 valence electrons. The normalized spacial score (nSPS) is 28.1. The van der Waals surface area contributed by atoms with E-state index in [4.69, 9.17) is 9.84 Å². The average molecular weight is 539 g/mol. The Kier molecular flexibility index (Phi) is 7.45. The molecule has 37 heavy (non-hydrogen) atoms. The monoisotopic (exact) mass is 538 g/mol. The van der Waals surface area contributed by atoms with Gasteiger partial charge in [0.05, 0.1) is 36.2 Å². The summed E-state index contributed by atoms with van der Waals surface area (Å²) in [7, 11) is -1.50. The summed E-state index contributed by atoms with van der Waals surface area (Å²) in [4.78, 5) is 8.91. The number of nitrogens with one attached hydrogen (secondary N) is 1. The lowest BCUT2D eigenvalue weighted by Crippen LogP contribution is -2.33. The fraction of sp³-hybridized carbons (Fsp3) is 0.565. The molecule has 3 aromatic rings. The molecule has 14 heteroatoms. The number of halogens is 2. The predicted molar refractivity (Wildman–Crippen MR) is 128 cm³/mol. The maximum absolute atomic E-state index is 13.7. The van der Waals surface area contributed by atoms with E-state index in [2.05, 4.69) is 25.6 Å². The third-order valence-corrected chi connectivity index (χ3v) is 8.09. The molecule has 7 unspecified atom stereocenters. The van der Waals surface area contributed by atoms with Gasteiger partial charge in [-0.25, -0.2) is 18.4 Å². The maximum Gasteiger partial charge on any atom is 0.222 e. The summed E-state index contributed by atoms with van der Waals surface area (Å²) in [6.45, 7) is 1.68. The van der Waals surface area contributed by atoms with Gasteiger partial charge < -0.3 is 25.4 Å². The van der Waals surface area contributed by atoms with Gasteiger partial charge in [0.25, 0.3) is 0 Å². The molecule has 0 amide bonds. The fourth-order valence-electron chi connectivity index (χ4n) is 4.73. The molecule has 0 aliphatic heterocycles. The molecule has 7 atom stereocenters. The zero-order chi connectivity index (χ0) is 26.3. The number of aromatic nitrogens is 5. The van der Waals surface area contributed by atoms with Crippen molar-refractivity contribution in [1.29, 1.82) is 0 Å². The molecular formula is C23H28F2N6O5S. The van der Waals surface area contributed by atoms with Crippen molar-refractivity contribution in [1.82, 2.24) is 25.0 Å². The van der Waals surface area contributed by atoms with E-state index in [-0.39, 0.29) is 47.9 Å². The zero-order valence-electron chi connectivity index (χ0n) is 20.0. The molecule has 2 saturated carbocycles. The highest BCUT2D eigenvalue weighted by atomic mass is 32.2. The minimum absolute atomic E-state index is 0.0101. The summed E-state index contributed by atoms with van der Waals surface area (Å²) in [5.41, 5.74) is 1.17. The van der Waals surface area contributed by atoms with Gasteiger partial charge in [0.1, 0.15) is 12.2 Å². The van der Waals surface area contributed by atoms with Crippen molar-refractivity contribution in [3.05, 3.63) is 35.4 Å². The van der Waals surface area contributed by atoms with Crippen molar-refractivity contribution in [2.45, 2.75) is 67.7 Å². The second kappa shape index (κ2) is 10.6. The number of aliphatic hydroxyl groups excluding tert-OH is 3. The average Bonchev–Trinajstić information content (AvgIpc) is 3.42. The zero-order valence-corrected chi connectivity index (χ0v) is 20.8. The van der Waals surface area contributed by atoms with Crippen LogP contribution in [0.4, 0.5) is 14.6 Å². The Bertz CT molecular complexity index is 1310. The molecule has 0 spiro atoms. The summed E-state index contributed by atoms with van der Waals surface area (Å²) >= 11 is 0.